The van der Waals surface area contributed by atoms with E-state index in [-0.39, 0.29) is 0 Å². The van der Waals surface area contributed by atoms with Crippen LogP contribution in [0.5, 0.6) is 0 Å². The first-order valence-electron chi connectivity index (χ1n) is 7.19. The molecule has 0 aliphatic carbocycles. The lowest BCUT2D eigenvalue weighted by Crippen LogP contribution is -2.21. The summed E-state index contributed by atoms with van der Waals surface area (Å²) < 4.78 is 0. The summed E-state index contributed by atoms with van der Waals surface area (Å²) in [6.45, 7) is 7.25. The van der Waals surface area contributed by atoms with Crippen molar-refractivity contribution in [1.29, 1.82) is 0 Å². The van der Waals surface area contributed by atoms with Gasteiger partial charge in [0.05, 0.1) is 16.9 Å². The molecule has 0 spiro atoms. The minimum Gasteiger partial charge on any atom is -0.310 e. The molecule has 4 heteroatoms. The number of para-hydroxylation sites is 1. The summed E-state index contributed by atoms with van der Waals surface area (Å²) in [5, 5.41) is 5.61. The summed E-state index contributed by atoms with van der Waals surface area (Å²) in [7, 11) is 0. The van der Waals surface area contributed by atoms with Gasteiger partial charge in [-0.2, -0.15) is 0 Å². The molecule has 0 aliphatic heterocycles. The van der Waals surface area contributed by atoms with E-state index in [0.29, 0.717) is 6.04 Å². The van der Waals surface area contributed by atoms with Crippen molar-refractivity contribution in [1.82, 2.24) is 15.3 Å². The van der Waals surface area contributed by atoms with Gasteiger partial charge in [-0.3, -0.25) is 0 Å². The number of rotatable bonds is 4. The average Bonchev–Trinajstić information content (AvgIpc) is 2.86. The van der Waals surface area contributed by atoms with Gasteiger partial charge in [-0.05, 0) is 19.1 Å². The topological polar surface area (TPSA) is 37.8 Å². The summed E-state index contributed by atoms with van der Waals surface area (Å²) in [5.74, 6) is 0. The lowest BCUT2D eigenvalue weighted by atomic mass is 10.2. The number of hydrogen-bond acceptors (Lipinski definition) is 4. The van der Waals surface area contributed by atoms with Gasteiger partial charge in [0, 0.05) is 22.8 Å². The number of thiazole rings is 1. The van der Waals surface area contributed by atoms with Crippen molar-refractivity contribution in [3.63, 3.8) is 0 Å². The smallest absolute Gasteiger partial charge is 0.142 e. The first kappa shape index (κ1) is 14.2. The summed E-state index contributed by atoms with van der Waals surface area (Å²) >= 11 is 1.73. The van der Waals surface area contributed by atoms with Gasteiger partial charge in [-0.1, -0.05) is 38.1 Å². The van der Waals surface area contributed by atoms with Crippen LogP contribution >= 0.6 is 11.3 Å². The predicted octanol–water partition coefficient (Wildman–Crippen LogP) is 4.16. The molecule has 0 aliphatic rings. The van der Waals surface area contributed by atoms with Gasteiger partial charge in [0.1, 0.15) is 5.01 Å². The normalized spacial score (nSPS) is 11.4. The lowest BCUT2D eigenvalue weighted by Gasteiger charge is -2.05. The molecule has 2 heterocycles. The fourth-order valence-electron chi connectivity index (χ4n) is 2.18. The maximum absolute atomic E-state index is 4.72. The Morgan fingerprint density at radius 1 is 1.10 bits per heavy atom. The quantitative estimate of drug-likeness (QED) is 0.785. The number of hydrogen-bond donors (Lipinski definition) is 1. The molecule has 0 saturated heterocycles. The number of fused-ring (bicyclic) bond motifs is 1. The third-order valence-corrected chi connectivity index (χ3v) is 4.56. The number of pyridine rings is 1. The van der Waals surface area contributed by atoms with Crippen LogP contribution in [0.25, 0.3) is 21.6 Å². The molecule has 0 fully saturated rings. The van der Waals surface area contributed by atoms with Crippen molar-refractivity contribution in [2.24, 2.45) is 0 Å². The molecule has 0 amide bonds. The van der Waals surface area contributed by atoms with E-state index < -0.39 is 0 Å². The Morgan fingerprint density at radius 2 is 1.90 bits per heavy atom. The molecule has 108 valence electrons. The fourth-order valence-corrected chi connectivity index (χ4v) is 3.17. The minimum atomic E-state index is 0.480. The van der Waals surface area contributed by atoms with Crippen molar-refractivity contribution in [2.75, 3.05) is 0 Å². The van der Waals surface area contributed by atoms with E-state index in [1.54, 1.807) is 11.3 Å². The van der Waals surface area contributed by atoms with Crippen LogP contribution in [0.3, 0.4) is 0 Å². The summed E-state index contributed by atoms with van der Waals surface area (Å²) in [6.07, 6.45) is 0. The van der Waals surface area contributed by atoms with Crippen molar-refractivity contribution in [3.05, 3.63) is 47.0 Å². The van der Waals surface area contributed by atoms with Crippen LogP contribution in [0.1, 0.15) is 24.4 Å². The highest BCUT2D eigenvalue weighted by Crippen LogP contribution is 2.28. The van der Waals surface area contributed by atoms with Gasteiger partial charge in [0.2, 0.25) is 0 Å². The Morgan fingerprint density at radius 3 is 2.71 bits per heavy atom. The predicted molar refractivity (Wildman–Crippen MR) is 89.6 cm³/mol. The van der Waals surface area contributed by atoms with Crippen LogP contribution in [0, 0.1) is 6.92 Å². The highest BCUT2D eigenvalue weighted by Gasteiger charge is 2.11. The minimum absolute atomic E-state index is 0.480. The number of nitrogens with one attached hydrogen (secondary N) is 1. The van der Waals surface area contributed by atoms with Crippen molar-refractivity contribution in [2.45, 2.75) is 33.4 Å². The van der Waals surface area contributed by atoms with Crippen LogP contribution < -0.4 is 5.32 Å². The molecule has 3 nitrogen and oxygen atoms in total. The molecule has 0 atom stereocenters. The van der Waals surface area contributed by atoms with Gasteiger partial charge in [0.25, 0.3) is 0 Å². The molecule has 3 rings (SSSR count). The van der Waals surface area contributed by atoms with Crippen molar-refractivity contribution in [3.8, 4) is 10.7 Å². The number of benzene rings is 1. The molecular weight excluding hydrogens is 278 g/mol. The third-order valence-electron chi connectivity index (χ3n) is 3.38. The van der Waals surface area contributed by atoms with Crippen molar-refractivity contribution < 1.29 is 0 Å². The van der Waals surface area contributed by atoms with E-state index >= 15 is 0 Å². The van der Waals surface area contributed by atoms with Gasteiger partial charge in [0.15, 0.2) is 0 Å². The molecular formula is C17H19N3S. The zero-order valence-electron chi connectivity index (χ0n) is 12.6. The second-order valence-corrected chi connectivity index (χ2v) is 6.54. The number of aryl methyl sites for hydroxylation is 1. The Kier molecular flexibility index (Phi) is 3.99. The van der Waals surface area contributed by atoms with Gasteiger partial charge in [-0.15, -0.1) is 11.3 Å². The Hall–Kier alpha value is -1.78. The third kappa shape index (κ3) is 3.12. The Labute approximate surface area is 129 Å². The SMILES string of the molecule is Cc1nc(-c2ccc3ccccc3n2)sc1CNC(C)C. The first-order valence-corrected chi connectivity index (χ1v) is 8.01. The molecule has 1 N–H and O–H groups in total. The van der Waals surface area contributed by atoms with Gasteiger partial charge < -0.3 is 5.32 Å². The lowest BCUT2D eigenvalue weighted by molar-refractivity contribution is 0.591. The Bertz CT molecular complexity index is 762. The van der Waals surface area contributed by atoms with Crippen LogP contribution in [0.15, 0.2) is 36.4 Å². The molecule has 0 radical (unpaired) electrons. The summed E-state index contributed by atoms with van der Waals surface area (Å²) in [5.41, 5.74) is 3.07. The van der Waals surface area contributed by atoms with Gasteiger partial charge in [-0.25, -0.2) is 9.97 Å². The van der Waals surface area contributed by atoms with E-state index in [2.05, 4.69) is 49.3 Å². The highest BCUT2D eigenvalue weighted by molar-refractivity contribution is 7.15. The zero-order valence-corrected chi connectivity index (χ0v) is 13.4. The fraction of sp³-hybridized carbons (Fsp3) is 0.294. The van der Waals surface area contributed by atoms with E-state index in [1.165, 1.54) is 4.88 Å². The molecule has 0 saturated carbocycles. The molecule has 0 bridgehead atoms. The second kappa shape index (κ2) is 5.92. The van der Waals surface area contributed by atoms with E-state index in [1.807, 2.05) is 18.2 Å². The van der Waals surface area contributed by atoms with Crippen LogP contribution in [-0.2, 0) is 6.54 Å². The van der Waals surface area contributed by atoms with Gasteiger partial charge >= 0.3 is 0 Å². The monoisotopic (exact) mass is 297 g/mol. The first-order chi connectivity index (χ1) is 10.1. The van der Waals surface area contributed by atoms with Crippen LogP contribution in [0.2, 0.25) is 0 Å². The second-order valence-electron chi connectivity index (χ2n) is 5.45. The molecule has 21 heavy (non-hydrogen) atoms. The summed E-state index contributed by atoms with van der Waals surface area (Å²) in [6, 6.07) is 12.8. The maximum atomic E-state index is 4.72. The van der Waals surface area contributed by atoms with E-state index in [0.717, 1.165) is 33.8 Å². The highest BCUT2D eigenvalue weighted by atomic mass is 32.1. The number of aromatic nitrogens is 2. The standard InChI is InChI=1S/C17H19N3S/c1-11(2)18-10-16-12(3)19-17(21-16)15-9-8-13-6-4-5-7-14(13)20-15/h4-9,11,18H,10H2,1-3H3. The molecule has 3 aromatic rings. The largest absolute Gasteiger partial charge is 0.310 e. The maximum Gasteiger partial charge on any atom is 0.142 e. The number of nitrogens with zero attached hydrogens (tertiary/aromatic N) is 2. The summed E-state index contributed by atoms with van der Waals surface area (Å²) in [4.78, 5) is 10.7. The van der Waals surface area contributed by atoms with E-state index in [9.17, 15) is 0 Å². The van der Waals surface area contributed by atoms with Crippen molar-refractivity contribution >= 4 is 22.2 Å². The Balaban J connectivity index is 1.93. The zero-order chi connectivity index (χ0) is 14.8. The molecule has 1 aromatic carbocycles. The van der Waals surface area contributed by atoms with E-state index in [4.69, 9.17) is 4.98 Å². The molecule has 0 unspecified atom stereocenters. The van der Waals surface area contributed by atoms with Crippen LogP contribution in [0.4, 0.5) is 0 Å². The van der Waals surface area contributed by atoms with Crippen LogP contribution in [-0.4, -0.2) is 16.0 Å². The molecule has 2 aromatic heterocycles. The average molecular weight is 297 g/mol.